The molecule has 2 aromatic carbocycles. The van der Waals surface area contributed by atoms with Crippen LogP contribution in [0.1, 0.15) is 18.4 Å². The maximum absolute atomic E-state index is 11.1. The molecule has 1 atom stereocenters. The maximum atomic E-state index is 11.1. The van der Waals surface area contributed by atoms with Crippen LogP contribution < -0.4 is 0 Å². The van der Waals surface area contributed by atoms with Crippen LogP contribution >= 0.6 is 27.3 Å². The summed E-state index contributed by atoms with van der Waals surface area (Å²) >= 11 is 4.99. The molecule has 1 N–H and O–H groups in total. The van der Waals surface area contributed by atoms with Crippen molar-refractivity contribution in [1.29, 1.82) is 0 Å². The normalized spacial score (nSPS) is 13.3. The van der Waals surface area contributed by atoms with E-state index < -0.39 is 15.4 Å². The van der Waals surface area contributed by atoms with E-state index in [2.05, 4.69) is 27.0 Å². The van der Waals surface area contributed by atoms with Crippen LogP contribution in [-0.2, 0) is 16.5 Å². The molecule has 7 heteroatoms. The molecule has 4 nitrogen and oxygen atoms in total. The van der Waals surface area contributed by atoms with Gasteiger partial charge in [-0.1, -0.05) is 34.1 Å². The van der Waals surface area contributed by atoms with Gasteiger partial charge >= 0.3 is 0 Å². The van der Waals surface area contributed by atoms with Crippen molar-refractivity contribution < 1.29 is 13.0 Å². The van der Waals surface area contributed by atoms with Crippen LogP contribution in [0.15, 0.2) is 46.9 Å². The summed E-state index contributed by atoms with van der Waals surface area (Å²) in [7, 11) is -3.98. The van der Waals surface area contributed by atoms with Gasteiger partial charge in [-0.15, -0.1) is 11.3 Å². The zero-order valence-electron chi connectivity index (χ0n) is 12.9. The Hall–Kier alpha value is -1.28. The van der Waals surface area contributed by atoms with Crippen molar-refractivity contribution in [2.24, 2.45) is 0 Å². The Balaban J connectivity index is 1.82. The highest BCUT2D eigenvalue weighted by Crippen LogP contribution is 2.29. The SMILES string of the molecule is CC(CCc1nc2cc(-c3ccc(Br)cc3)ccc2s1)S(=O)(=O)O. The van der Waals surface area contributed by atoms with Gasteiger partial charge in [0.2, 0.25) is 0 Å². The van der Waals surface area contributed by atoms with Gasteiger partial charge in [0.05, 0.1) is 20.5 Å². The zero-order chi connectivity index (χ0) is 17.3. The Morgan fingerprint density at radius 3 is 2.50 bits per heavy atom. The van der Waals surface area contributed by atoms with Gasteiger partial charge in [-0.2, -0.15) is 8.42 Å². The van der Waals surface area contributed by atoms with Crippen molar-refractivity contribution >= 4 is 47.6 Å². The lowest BCUT2D eigenvalue weighted by Crippen LogP contribution is -2.17. The van der Waals surface area contributed by atoms with Crippen LogP contribution in [0.4, 0.5) is 0 Å². The summed E-state index contributed by atoms with van der Waals surface area (Å²) in [5.74, 6) is 0. The Morgan fingerprint density at radius 2 is 1.83 bits per heavy atom. The van der Waals surface area contributed by atoms with Gasteiger partial charge in [0.25, 0.3) is 10.1 Å². The first-order chi connectivity index (χ1) is 11.3. The molecular weight excluding hydrogens is 410 g/mol. The third kappa shape index (κ3) is 4.03. The lowest BCUT2D eigenvalue weighted by molar-refractivity contribution is 0.466. The molecule has 0 fully saturated rings. The molecule has 24 heavy (non-hydrogen) atoms. The molecule has 0 saturated heterocycles. The van der Waals surface area contributed by atoms with Crippen molar-refractivity contribution in [1.82, 2.24) is 4.98 Å². The van der Waals surface area contributed by atoms with Gasteiger partial charge in [-0.25, -0.2) is 4.98 Å². The number of halogens is 1. The average molecular weight is 426 g/mol. The van der Waals surface area contributed by atoms with Crippen LogP contribution in [-0.4, -0.2) is 23.2 Å². The first-order valence-electron chi connectivity index (χ1n) is 7.44. The highest BCUT2D eigenvalue weighted by atomic mass is 79.9. The van der Waals surface area contributed by atoms with Crippen molar-refractivity contribution in [3.8, 4) is 11.1 Å². The Labute approximate surface area is 153 Å². The number of hydrogen-bond donors (Lipinski definition) is 1. The third-order valence-electron chi connectivity index (χ3n) is 3.88. The van der Waals surface area contributed by atoms with E-state index in [-0.39, 0.29) is 0 Å². The molecule has 3 rings (SSSR count). The molecule has 0 aliphatic rings. The second-order valence-corrected chi connectivity index (χ2v) is 9.53. The van der Waals surface area contributed by atoms with E-state index in [1.807, 2.05) is 36.4 Å². The van der Waals surface area contributed by atoms with Gasteiger partial charge < -0.3 is 0 Å². The minimum atomic E-state index is -3.98. The Kier molecular flexibility index (Phi) is 5.05. The van der Waals surface area contributed by atoms with Crippen molar-refractivity contribution in [3.63, 3.8) is 0 Å². The fourth-order valence-electron chi connectivity index (χ4n) is 2.38. The molecule has 1 unspecified atom stereocenters. The minimum Gasteiger partial charge on any atom is -0.285 e. The molecule has 126 valence electrons. The number of hydrogen-bond acceptors (Lipinski definition) is 4. The third-order valence-corrected chi connectivity index (χ3v) is 6.76. The minimum absolute atomic E-state index is 0.359. The first kappa shape index (κ1) is 17.5. The number of benzene rings is 2. The molecule has 0 spiro atoms. The molecule has 0 aliphatic carbocycles. The summed E-state index contributed by atoms with van der Waals surface area (Å²) in [5, 5.41) is 0.108. The topological polar surface area (TPSA) is 67.3 Å². The number of nitrogens with zero attached hydrogens (tertiary/aromatic N) is 1. The number of fused-ring (bicyclic) bond motifs is 1. The van der Waals surface area contributed by atoms with E-state index >= 15 is 0 Å². The molecule has 3 aromatic rings. The van der Waals surface area contributed by atoms with Crippen LogP contribution in [0.3, 0.4) is 0 Å². The van der Waals surface area contributed by atoms with Gasteiger partial charge in [0.1, 0.15) is 0 Å². The second kappa shape index (κ2) is 6.92. The molecule has 0 bridgehead atoms. The molecule has 1 heterocycles. The quantitative estimate of drug-likeness (QED) is 0.588. The van der Waals surface area contributed by atoms with Crippen LogP contribution in [0.2, 0.25) is 0 Å². The van der Waals surface area contributed by atoms with E-state index in [0.717, 1.165) is 30.8 Å². The number of rotatable bonds is 5. The summed E-state index contributed by atoms with van der Waals surface area (Å²) in [4.78, 5) is 4.60. The summed E-state index contributed by atoms with van der Waals surface area (Å²) in [5.41, 5.74) is 3.13. The van der Waals surface area contributed by atoms with E-state index in [0.29, 0.717) is 12.8 Å². The molecule has 0 saturated carbocycles. The second-order valence-electron chi connectivity index (χ2n) is 5.66. The van der Waals surface area contributed by atoms with E-state index in [4.69, 9.17) is 4.55 Å². The fraction of sp³-hybridized carbons (Fsp3) is 0.235. The van der Waals surface area contributed by atoms with Crippen LogP contribution in [0.5, 0.6) is 0 Å². The van der Waals surface area contributed by atoms with Gasteiger partial charge in [0, 0.05) is 10.9 Å². The molecule has 0 radical (unpaired) electrons. The highest BCUT2D eigenvalue weighted by Gasteiger charge is 2.17. The summed E-state index contributed by atoms with van der Waals surface area (Å²) in [6, 6.07) is 14.3. The largest absolute Gasteiger partial charge is 0.285 e. The summed E-state index contributed by atoms with van der Waals surface area (Å²) in [6.07, 6.45) is 0.895. The van der Waals surface area contributed by atoms with E-state index in [1.54, 1.807) is 11.3 Å². The lowest BCUT2D eigenvalue weighted by atomic mass is 10.1. The average Bonchev–Trinajstić information content (AvgIpc) is 2.94. The fourth-order valence-corrected chi connectivity index (χ4v) is 4.02. The number of aryl methyl sites for hydroxylation is 1. The van der Waals surface area contributed by atoms with Crippen molar-refractivity contribution in [2.45, 2.75) is 25.0 Å². The molecule has 0 aliphatic heterocycles. The van der Waals surface area contributed by atoms with Crippen LogP contribution in [0.25, 0.3) is 21.3 Å². The highest BCUT2D eigenvalue weighted by molar-refractivity contribution is 9.10. The van der Waals surface area contributed by atoms with E-state index in [1.165, 1.54) is 6.92 Å². The molecule has 1 aromatic heterocycles. The smallest absolute Gasteiger partial charge is 0.267 e. The summed E-state index contributed by atoms with van der Waals surface area (Å²) in [6.45, 7) is 1.51. The monoisotopic (exact) mass is 425 g/mol. The van der Waals surface area contributed by atoms with Crippen molar-refractivity contribution in [3.05, 3.63) is 51.9 Å². The zero-order valence-corrected chi connectivity index (χ0v) is 16.2. The van der Waals surface area contributed by atoms with Crippen molar-refractivity contribution in [2.75, 3.05) is 0 Å². The Bertz CT molecular complexity index is 965. The molecular formula is C17H16BrNO3S2. The lowest BCUT2D eigenvalue weighted by Gasteiger charge is -2.05. The predicted octanol–water partition coefficient (Wildman–Crippen LogP) is 4.93. The molecule has 0 amide bonds. The number of aromatic nitrogens is 1. The van der Waals surface area contributed by atoms with Gasteiger partial charge in [-0.3, -0.25) is 4.55 Å². The predicted molar refractivity (Wildman–Crippen MR) is 102 cm³/mol. The standard InChI is InChI=1S/C17H16BrNO3S2/c1-11(24(20,21)22)2-9-17-19-15-10-13(5-8-16(15)23-17)12-3-6-14(18)7-4-12/h3-8,10-11H,2,9H2,1H3,(H,20,21,22). The van der Waals surface area contributed by atoms with Crippen LogP contribution in [0, 0.1) is 0 Å². The van der Waals surface area contributed by atoms with E-state index in [9.17, 15) is 8.42 Å². The maximum Gasteiger partial charge on any atom is 0.267 e. The van der Waals surface area contributed by atoms with Gasteiger partial charge in [0.15, 0.2) is 0 Å². The summed E-state index contributed by atoms with van der Waals surface area (Å²) < 4.78 is 33.3. The number of thiazole rings is 1. The van der Waals surface area contributed by atoms with Gasteiger partial charge in [-0.05, 0) is 48.7 Å². The first-order valence-corrected chi connectivity index (χ1v) is 10.6. The Morgan fingerprint density at radius 1 is 1.17 bits per heavy atom.